The number of thiophene rings is 1. The predicted molar refractivity (Wildman–Crippen MR) is 74.9 cm³/mol. The lowest BCUT2D eigenvalue weighted by molar-refractivity contribution is 0.581. The minimum atomic E-state index is -3.36. The standard InChI is InChI=1S/C9H14BrNO2S3/c1-6(14-3)5-11-16(12,13)8-4-9(10)15-7(8)2/h4,6,11H,5H2,1-3H3. The van der Waals surface area contributed by atoms with Crippen LogP contribution in [0.15, 0.2) is 14.7 Å². The number of nitrogens with one attached hydrogen (secondary N) is 1. The molecule has 16 heavy (non-hydrogen) atoms. The van der Waals surface area contributed by atoms with E-state index in [9.17, 15) is 8.42 Å². The molecule has 0 aliphatic heterocycles. The number of thioether (sulfide) groups is 1. The van der Waals surface area contributed by atoms with Crippen molar-refractivity contribution in [2.75, 3.05) is 12.8 Å². The largest absolute Gasteiger partial charge is 0.241 e. The third kappa shape index (κ3) is 3.73. The molecule has 0 saturated heterocycles. The molecule has 0 saturated carbocycles. The molecule has 0 fully saturated rings. The third-order valence-electron chi connectivity index (χ3n) is 2.09. The van der Waals surface area contributed by atoms with E-state index in [1.54, 1.807) is 17.8 Å². The summed E-state index contributed by atoms with van der Waals surface area (Å²) < 4.78 is 27.4. The highest BCUT2D eigenvalue weighted by Crippen LogP contribution is 2.29. The molecule has 1 aromatic rings. The van der Waals surface area contributed by atoms with Gasteiger partial charge in [0.1, 0.15) is 0 Å². The zero-order valence-corrected chi connectivity index (χ0v) is 13.3. The van der Waals surface area contributed by atoms with Crippen molar-refractivity contribution in [2.45, 2.75) is 24.0 Å². The zero-order valence-electron chi connectivity index (χ0n) is 9.28. The number of hydrogen-bond donors (Lipinski definition) is 1. The van der Waals surface area contributed by atoms with E-state index in [0.29, 0.717) is 11.4 Å². The predicted octanol–water partition coefficient (Wildman–Crippen LogP) is 2.85. The van der Waals surface area contributed by atoms with E-state index in [2.05, 4.69) is 20.7 Å². The minimum absolute atomic E-state index is 0.275. The summed E-state index contributed by atoms with van der Waals surface area (Å²) in [6.45, 7) is 4.25. The second-order valence-corrected chi connectivity index (χ2v) is 9.02. The normalized spacial score (nSPS) is 14.0. The highest BCUT2D eigenvalue weighted by atomic mass is 79.9. The summed E-state index contributed by atoms with van der Waals surface area (Å²) in [6.07, 6.45) is 1.96. The first-order valence-electron chi connectivity index (χ1n) is 4.65. The molecule has 0 spiro atoms. The summed E-state index contributed by atoms with van der Waals surface area (Å²) in [6, 6.07) is 1.64. The Hall–Kier alpha value is 0.440. The Morgan fingerprint density at radius 1 is 1.62 bits per heavy atom. The molecule has 1 atom stereocenters. The molecule has 1 rings (SSSR count). The maximum absolute atomic E-state index is 12.0. The van der Waals surface area contributed by atoms with Gasteiger partial charge in [-0.2, -0.15) is 11.8 Å². The van der Waals surface area contributed by atoms with Crippen LogP contribution in [0.25, 0.3) is 0 Å². The van der Waals surface area contributed by atoms with Gasteiger partial charge in [-0.25, -0.2) is 13.1 Å². The van der Waals surface area contributed by atoms with Crippen LogP contribution in [-0.4, -0.2) is 26.5 Å². The molecule has 1 heterocycles. The third-order valence-corrected chi connectivity index (χ3v) is 6.30. The first-order valence-corrected chi connectivity index (χ1v) is 9.03. The van der Waals surface area contributed by atoms with Crippen molar-refractivity contribution in [1.82, 2.24) is 4.72 Å². The van der Waals surface area contributed by atoms with Crippen LogP contribution in [0.4, 0.5) is 0 Å². The van der Waals surface area contributed by atoms with Gasteiger partial charge in [-0.15, -0.1) is 11.3 Å². The fourth-order valence-electron chi connectivity index (χ4n) is 1.09. The molecular formula is C9H14BrNO2S3. The van der Waals surface area contributed by atoms with Crippen LogP contribution in [0.1, 0.15) is 11.8 Å². The topological polar surface area (TPSA) is 46.2 Å². The molecule has 0 radical (unpaired) electrons. The second-order valence-electron chi connectivity index (χ2n) is 3.37. The Morgan fingerprint density at radius 3 is 2.69 bits per heavy atom. The lowest BCUT2D eigenvalue weighted by Gasteiger charge is -2.10. The van der Waals surface area contributed by atoms with Gasteiger partial charge >= 0.3 is 0 Å². The Kier molecular flexibility index (Phi) is 5.31. The molecule has 1 N–H and O–H groups in total. The monoisotopic (exact) mass is 343 g/mol. The quantitative estimate of drug-likeness (QED) is 0.893. The zero-order chi connectivity index (χ0) is 12.3. The second kappa shape index (κ2) is 5.86. The van der Waals surface area contributed by atoms with E-state index in [4.69, 9.17) is 0 Å². The van der Waals surface area contributed by atoms with Crippen LogP contribution in [0.5, 0.6) is 0 Å². The molecule has 0 amide bonds. The van der Waals surface area contributed by atoms with Crippen LogP contribution in [0, 0.1) is 6.92 Å². The van der Waals surface area contributed by atoms with Gasteiger partial charge in [-0.05, 0) is 35.2 Å². The summed E-state index contributed by atoms with van der Waals surface area (Å²) in [7, 11) is -3.36. The number of rotatable bonds is 5. The van der Waals surface area contributed by atoms with Crippen molar-refractivity contribution in [3.63, 3.8) is 0 Å². The van der Waals surface area contributed by atoms with E-state index in [-0.39, 0.29) is 5.25 Å². The highest BCUT2D eigenvalue weighted by Gasteiger charge is 2.19. The van der Waals surface area contributed by atoms with Crippen LogP contribution in [0.3, 0.4) is 0 Å². The van der Waals surface area contributed by atoms with E-state index in [1.807, 2.05) is 20.1 Å². The summed E-state index contributed by atoms with van der Waals surface area (Å²) in [5.41, 5.74) is 0. The number of hydrogen-bond acceptors (Lipinski definition) is 4. The van der Waals surface area contributed by atoms with E-state index < -0.39 is 10.0 Å². The smallest absolute Gasteiger partial charge is 0.210 e. The Balaban J connectivity index is 2.82. The summed E-state index contributed by atoms with van der Waals surface area (Å²) >= 11 is 6.36. The maximum Gasteiger partial charge on any atom is 0.241 e. The van der Waals surface area contributed by atoms with Crippen molar-refractivity contribution >= 4 is 49.1 Å². The molecule has 0 bridgehead atoms. The molecule has 1 aromatic heterocycles. The van der Waals surface area contributed by atoms with Crippen molar-refractivity contribution < 1.29 is 8.42 Å². The van der Waals surface area contributed by atoms with Gasteiger partial charge in [-0.1, -0.05) is 6.92 Å². The fourth-order valence-corrected chi connectivity index (χ4v) is 4.98. The Bertz CT molecular complexity index is 455. The number of aryl methyl sites for hydroxylation is 1. The Morgan fingerprint density at radius 2 is 2.25 bits per heavy atom. The van der Waals surface area contributed by atoms with Gasteiger partial charge in [0.15, 0.2) is 0 Å². The highest BCUT2D eigenvalue weighted by molar-refractivity contribution is 9.11. The molecule has 92 valence electrons. The van der Waals surface area contributed by atoms with Gasteiger partial charge in [0.05, 0.1) is 8.68 Å². The number of halogens is 1. The molecule has 0 aliphatic carbocycles. The van der Waals surface area contributed by atoms with Crippen molar-refractivity contribution in [3.8, 4) is 0 Å². The lowest BCUT2D eigenvalue weighted by atomic mass is 10.5. The van der Waals surface area contributed by atoms with Crippen LogP contribution in [-0.2, 0) is 10.0 Å². The molecule has 0 aromatic carbocycles. The van der Waals surface area contributed by atoms with Crippen LogP contribution < -0.4 is 4.72 Å². The summed E-state index contributed by atoms with van der Waals surface area (Å²) in [4.78, 5) is 1.17. The van der Waals surface area contributed by atoms with Crippen LogP contribution in [0.2, 0.25) is 0 Å². The lowest BCUT2D eigenvalue weighted by Crippen LogP contribution is -2.29. The van der Waals surface area contributed by atoms with Crippen molar-refractivity contribution in [1.29, 1.82) is 0 Å². The fraction of sp³-hybridized carbons (Fsp3) is 0.556. The van der Waals surface area contributed by atoms with Gasteiger partial charge in [0, 0.05) is 16.7 Å². The maximum atomic E-state index is 12.0. The molecular weight excluding hydrogens is 330 g/mol. The first-order chi connectivity index (χ1) is 7.36. The molecule has 3 nitrogen and oxygen atoms in total. The first kappa shape index (κ1) is 14.5. The number of sulfonamides is 1. The average Bonchev–Trinajstić information content (AvgIpc) is 2.55. The average molecular weight is 344 g/mol. The SMILES string of the molecule is CSC(C)CNS(=O)(=O)c1cc(Br)sc1C. The molecule has 7 heteroatoms. The van der Waals surface area contributed by atoms with Gasteiger partial charge in [0.25, 0.3) is 0 Å². The molecule has 1 unspecified atom stereocenters. The van der Waals surface area contributed by atoms with Gasteiger partial charge in [0.2, 0.25) is 10.0 Å². The summed E-state index contributed by atoms with van der Waals surface area (Å²) in [5.74, 6) is 0. The minimum Gasteiger partial charge on any atom is -0.210 e. The van der Waals surface area contributed by atoms with Gasteiger partial charge < -0.3 is 0 Å². The van der Waals surface area contributed by atoms with E-state index in [1.165, 1.54) is 11.3 Å². The molecule has 0 aliphatic rings. The Labute approximate surface area is 113 Å². The van der Waals surface area contributed by atoms with E-state index >= 15 is 0 Å². The van der Waals surface area contributed by atoms with Crippen molar-refractivity contribution in [3.05, 3.63) is 14.7 Å². The van der Waals surface area contributed by atoms with Crippen molar-refractivity contribution in [2.24, 2.45) is 0 Å². The van der Waals surface area contributed by atoms with E-state index in [0.717, 1.165) is 8.66 Å². The van der Waals surface area contributed by atoms with Crippen LogP contribution >= 0.6 is 39.0 Å². The van der Waals surface area contributed by atoms with Gasteiger partial charge in [-0.3, -0.25) is 0 Å². The summed E-state index contributed by atoms with van der Waals surface area (Å²) in [5, 5.41) is 0.275.